The van der Waals surface area contributed by atoms with Gasteiger partial charge in [0.15, 0.2) is 0 Å². The number of halogens is 3. The van der Waals surface area contributed by atoms with Crippen molar-refractivity contribution in [2.45, 2.75) is 43.9 Å². The first-order chi connectivity index (χ1) is 22.6. The van der Waals surface area contributed by atoms with E-state index in [-0.39, 0.29) is 6.42 Å². The number of nitrogens with one attached hydrogen (secondary N) is 3. The molecule has 1 unspecified atom stereocenters. The van der Waals surface area contributed by atoms with Crippen LogP contribution in [0.5, 0.6) is 0 Å². The number of pyridine rings is 1. The zero-order valence-corrected chi connectivity index (χ0v) is 25.2. The van der Waals surface area contributed by atoms with Crippen molar-refractivity contribution in [2.24, 2.45) is 0 Å². The Labute approximate surface area is 269 Å². The maximum absolute atomic E-state index is 13.7. The van der Waals surface area contributed by atoms with E-state index in [2.05, 4.69) is 25.7 Å². The SMILES string of the molecule is O=C(CCCCNc1ccccn1)N[C@@H](C(=O)NC(CC(=O)OC(=O)C(F)(F)F)c1ccc(-c2ccccc2)cc1)c1ccccc1. The lowest BCUT2D eigenvalue weighted by molar-refractivity contribution is -0.202. The Balaban J connectivity index is 1.47. The Bertz CT molecular complexity index is 1620. The summed E-state index contributed by atoms with van der Waals surface area (Å²) in [6, 6.07) is 27.5. The highest BCUT2D eigenvalue weighted by Gasteiger charge is 2.42. The highest BCUT2D eigenvalue weighted by Crippen LogP contribution is 2.26. The second kappa shape index (κ2) is 16.7. The van der Waals surface area contributed by atoms with Crippen molar-refractivity contribution in [2.75, 3.05) is 11.9 Å². The lowest BCUT2D eigenvalue weighted by Gasteiger charge is -2.24. The quantitative estimate of drug-likeness (QED) is 0.0863. The molecule has 12 heteroatoms. The molecular formula is C35H33F3N4O5. The van der Waals surface area contributed by atoms with Gasteiger partial charge >= 0.3 is 18.1 Å². The van der Waals surface area contributed by atoms with Crippen molar-refractivity contribution >= 4 is 29.6 Å². The molecule has 4 rings (SSSR count). The number of alkyl halides is 3. The Hall–Kier alpha value is -5.52. The fourth-order valence-corrected chi connectivity index (χ4v) is 4.69. The van der Waals surface area contributed by atoms with Gasteiger partial charge in [0, 0.05) is 19.2 Å². The van der Waals surface area contributed by atoms with E-state index in [0.717, 1.165) is 11.1 Å². The van der Waals surface area contributed by atoms with E-state index in [0.29, 0.717) is 36.3 Å². The van der Waals surface area contributed by atoms with Gasteiger partial charge in [-0.15, -0.1) is 0 Å². The Kier molecular flexibility index (Phi) is 12.2. The third kappa shape index (κ3) is 10.8. The summed E-state index contributed by atoms with van der Waals surface area (Å²) in [4.78, 5) is 54.6. The zero-order valence-electron chi connectivity index (χ0n) is 25.2. The Morgan fingerprint density at radius 3 is 2.00 bits per heavy atom. The fourth-order valence-electron chi connectivity index (χ4n) is 4.69. The number of carbonyl (C=O) groups excluding carboxylic acids is 4. The van der Waals surface area contributed by atoms with Crippen molar-refractivity contribution in [1.82, 2.24) is 15.6 Å². The van der Waals surface area contributed by atoms with Crippen molar-refractivity contribution in [3.63, 3.8) is 0 Å². The number of rotatable bonds is 14. The van der Waals surface area contributed by atoms with E-state index in [4.69, 9.17) is 0 Å². The molecule has 244 valence electrons. The topological polar surface area (TPSA) is 126 Å². The van der Waals surface area contributed by atoms with Crippen LogP contribution in [-0.4, -0.2) is 41.5 Å². The Morgan fingerprint density at radius 1 is 0.723 bits per heavy atom. The summed E-state index contributed by atoms with van der Waals surface area (Å²) >= 11 is 0. The number of anilines is 1. The summed E-state index contributed by atoms with van der Waals surface area (Å²) in [7, 11) is 0. The third-order valence-electron chi connectivity index (χ3n) is 7.05. The van der Waals surface area contributed by atoms with Crippen molar-refractivity contribution in [3.05, 3.63) is 120 Å². The number of nitrogens with zero attached hydrogens (tertiary/aromatic N) is 1. The van der Waals surface area contributed by atoms with E-state index in [1.807, 2.05) is 42.5 Å². The standard InChI is InChI=1S/C35H33F3N4O5/c36-35(37,38)34(46)47-31(44)23-28(26-19-17-25(18-20-26)24-11-3-1-4-12-24)41-33(45)32(27-13-5-2-6-14-27)42-30(43)16-8-10-22-40-29-15-7-9-21-39-29/h1-7,9,11-15,17-21,28,32H,8,10,16,22-23H2,(H,39,40)(H,41,45)(H,42,43)/t28?,32-/m1/s1. The predicted molar refractivity (Wildman–Crippen MR) is 168 cm³/mol. The second-order valence-electron chi connectivity index (χ2n) is 10.5. The molecule has 0 saturated heterocycles. The summed E-state index contributed by atoms with van der Waals surface area (Å²) in [5.74, 6) is -4.53. The maximum Gasteiger partial charge on any atom is 0.491 e. The first kappa shape index (κ1) is 34.4. The molecule has 47 heavy (non-hydrogen) atoms. The van der Waals surface area contributed by atoms with Crippen LogP contribution >= 0.6 is 0 Å². The predicted octanol–water partition coefficient (Wildman–Crippen LogP) is 6.07. The largest absolute Gasteiger partial charge is 0.491 e. The number of carbonyl (C=O) groups is 4. The third-order valence-corrected chi connectivity index (χ3v) is 7.05. The normalized spacial score (nSPS) is 12.3. The monoisotopic (exact) mass is 646 g/mol. The first-order valence-electron chi connectivity index (χ1n) is 14.9. The minimum Gasteiger partial charge on any atom is -0.386 e. The molecule has 1 aromatic heterocycles. The molecule has 0 fully saturated rings. The van der Waals surface area contributed by atoms with E-state index in [1.165, 1.54) is 0 Å². The molecule has 2 amide bonds. The molecule has 1 heterocycles. The number of hydrogen-bond acceptors (Lipinski definition) is 7. The zero-order chi connectivity index (χ0) is 33.6. The second-order valence-corrected chi connectivity index (χ2v) is 10.5. The molecule has 3 aromatic carbocycles. The van der Waals surface area contributed by atoms with Crippen LogP contribution in [0.25, 0.3) is 11.1 Å². The van der Waals surface area contributed by atoms with Crippen LogP contribution in [0.2, 0.25) is 0 Å². The van der Waals surface area contributed by atoms with Gasteiger partial charge in [0.05, 0.1) is 12.5 Å². The van der Waals surface area contributed by atoms with Crippen LogP contribution in [0.1, 0.15) is 48.9 Å². The van der Waals surface area contributed by atoms with Gasteiger partial charge in [-0.1, -0.05) is 91.0 Å². The summed E-state index contributed by atoms with van der Waals surface area (Å²) in [6.07, 6.45) is -3.19. The number of aromatic nitrogens is 1. The first-order valence-corrected chi connectivity index (χ1v) is 14.9. The molecule has 0 aliphatic carbocycles. The summed E-state index contributed by atoms with van der Waals surface area (Å²) in [5, 5.41) is 8.56. The maximum atomic E-state index is 13.7. The van der Waals surface area contributed by atoms with Crippen molar-refractivity contribution in [1.29, 1.82) is 0 Å². The van der Waals surface area contributed by atoms with E-state index in [1.54, 1.807) is 66.9 Å². The van der Waals surface area contributed by atoms with E-state index >= 15 is 0 Å². The molecule has 3 N–H and O–H groups in total. The van der Waals surface area contributed by atoms with Gasteiger partial charge in [-0.05, 0) is 47.2 Å². The highest BCUT2D eigenvalue weighted by molar-refractivity contribution is 5.91. The summed E-state index contributed by atoms with van der Waals surface area (Å²) in [6.45, 7) is 0.588. The van der Waals surface area contributed by atoms with E-state index in [9.17, 15) is 32.3 Å². The molecule has 2 atom stereocenters. The lowest BCUT2D eigenvalue weighted by atomic mass is 9.98. The van der Waals surface area contributed by atoms with E-state index < -0.39 is 48.4 Å². The fraction of sp³-hybridized carbons (Fsp3) is 0.229. The van der Waals surface area contributed by atoms with Gasteiger partial charge in [-0.2, -0.15) is 13.2 Å². The number of ether oxygens (including phenoxy) is 1. The number of benzene rings is 3. The Morgan fingerprint density at radius 2 is 1.36 bits per heavy atom. The highest BCUT2D eigenvalue weighted by atomic mass is 19.4. The average Bonchev–Trinajstić information content (AvgIpc) is 3.07. The molecule has 0 spiro atoms. The molecule has 4 aromatic rings. The van der Waals surface area contributed by atoms with Crippen LogP contribution in [0.4, 0.5) is 19.0 Å². The van der Waals surface area contributed by atoms with Crippen LogP contribution in [0, 0.1) is 0 Å². The van der Waals surface area contributed by atoms with Crippen LogP contribution in [0.15, 0.2) is 109 Å². The van der Waals surface area contributed by atoms with Gasteiger partial charge in [0.1, 0.15) is 11.9 Å². The van der Waals surface area contributed by atoms with Gasteiger partial charge in [0.25, 0.3) is 0 Å². The van der Waals surface area contributed by atoms with Crippen LogP contribution < -0.4 is 16.0 Å². The summed E-state index contributed by atoms with van der Waals surface area (Å²) < 4.78 is 42.3. The molecule has 9 nitrogen and oxygen atoms in total. The number of esters is 2. The number of unbranched alkanes of at least 4 members (excludes halogenated alkanes) is 1. The molecule has 0 radical (unpaired) electrons. The molecule has 0 aliphatic heterocycles. The smallest absolute Gasteiger partial charge is 0.386 e. The van der Waals surface area contributed by atoms with Crippen molar-refractivity contribution < 1.29 is 37.1 Å². The van der Waals surface area contributed by atoms with Crippen molar-refractivity contribution in [3.8, 4) is 11.1 Å². The molecule has 0 bridgehead atoms. The molecule has 0 aliphatic rings. The van der Waals surface area contributed by atoms with Crippen LogP contribution in [0.3, 0.4) is 0 Å². The molecular weight excluding hydrogens is 613 g/mol. The average molecular weight is 647 g/mol. The molecule has 0 saturated carbocycles. The van der Waals surface area contributed by atoms with Gasteiger partial charge in [0.2, 0.25) is 11.8 Å². The number of hydrogen-bond donors (Lipinski definition) is 3. The van der Waals surface area contributed by atoms with Crippen LogP contribution in [-0.2, 0) is 23.9 Å². The number of amides is 2. The minimum atomic E-state index is -5.37. The van der Waals surface area contributed by atoms with Gasteiger partial charge in [-0.25, -0.2) is 9.78 Å². The lowest BCUT2D eigenvalue weighted by Crippen LogP contribution is -2.42. The minimum absolute atomic E-state index is 0.122. The summed E-state index contributed by atoms with van der Waals surface area (Å²) in [5.41, 5.74) is 2.53. The van der Waals surface area contributed by atoms with Gasteiger partial charge < -0.3 is 20.7 Å². The van der Waals surface area contributed by atoms with Gasteiger partial charge in [-0.3, -0.25) is 14.4 Å².